The van der Waals surface area contributed by atoms with E-state index < -0.39 is 0 Å². The Morgan fingerprint density at radius 2 is 2.32 bits per heavy atom. The van der Waals surface area contributed by atoms with Gasteiger partial charge < -0.3 is 15.4 Å². The molecule has 106 valence electrons. The number of rotatable bonds is 4. The number of hydrogen-bond acceptors (Lipinski definition) is 3. The second-order valence-electron chi connectivity index (χ2n) is 5.42. The summed E-state index contributed by atoms with van der Waals surface area (Å²) in [7, 11) is 0. The van der Waals surface area contributed by atoms with Crippen molar-refractivity contribution in [2.75, 3.05) is 24.6 Å². The topological polar surface area (TPSA) is 38.5 Å². The van der Waals surface area contributed by atoms with Gasteiger partial charge in [-0.05, 0) is 50.3 Å². The second kappa shape index (κ2) is 6.60. The number of benzene rings is 1. The summed E-state index contributed by atoms with van der Waals surface area (Å²) >= 11 is 6.11. The molecule has 1 saturated heterocycles. The first-order valence-electron chi connectivity index (χ1n) is 6.94. The summed E-state index contributed by atoms with van der Waals surface area (Å²) < 4.78 is 5.54. The minimum Gasteiger partial charge on any atom is -0.371 e. The number of anilines is 1. The number of ether oxygens (including phenoxy) is 1. The van der Waals surface area contributed by atoms with Gasteiger partial charge in [0.1, 0.15) is 6.23 Å². The molecule has 0 bridgehead atoms. The number of piperidine rings is 1. The van der Waals surface area contributed by atoms with Crippen LogP contribution in [0.25, 0.3) is 0 Å². The molecule has 1 aliphatic heterocycles. The van der Waals surface area contributed by atoms with Gasteiger partial charge in [-0.2, -0.15) is 0 Å². The van der Waals surface area contributed by atoms with Crippen molar-refractivity contribution < 1.29 is 4.74 Å². The zero-order chi connectivity index (χ0) is 13.8. The van der Waals surface area contributed by atoms with Crippen LogP contribution in [-0.4, -0.2) is 25.9 Å². The third kappa shape index (κ3) is 4.10. The third-order valence-corrected chi connectivity index (χ3v) is 3.86. The summed E-state index contributed by atoms with van der Waals surface area (Å²) in [5.74, 6) is 0.554. The molecule has 1 aliphatic rings. The van der Waals surface area contributed by atoms with Crippen molar-refractivity contribution in [3.8, 4) is 0 Å². The Balaban J connectivity index is 2.02. The van der Waals surface area contributed by atoms with Crippen molar-refractivity contribution in [2.24, 2.45) is 11.7 Å². The standard InChI is InChI=1S/C15H23ClN2O/c1-11-5-6-14(16)8-15(11)18-7-3-4-13(9-18)10-19-12(2)17/h5-6,8,12-13H,3-4,7,9-10,17H2,1-2H3/t12-,13-/m1/s1. The lowest BCUT2D eigenvalue weighted by atomic mass is 9.97. The van der Waals surface area contributed by atoms with E-state index in [0.717, 1.165) is 24.7 Å². The lowest BCUT2D eigenvalue weighted by Crippen LogP contribution is -2.38. The van der Waals surface area contributed by atoms with Gasteiger partial charge >= 0.3 is 0 Å². The fraction of sp³-hybridized carbons (Fsp3) is 0.600. The molecular formula is C15H23ClN2O. The Morgan fingerprint density at radius 3 is 3.05 bits per heavy atom. The van der Waals surface area contributed by atoms with E-state index in [-0.39, 0.29) is 6.23 Å². The molecule has 2 N–H and O–H groups in total. The molecule has 2 rings (SSSR count). The Kier molecular flexibility index (Phi) is 5.08. The fourth-order valence-corrected chi connectivity index (χ4v) is 2.80. The fourth-order valence-electron chi connectivity index (χ4n) is 2.63. The van der Waals surface area contributed by atoms with Gasteiger partial charge in [-0.1, -0.05) is 17.7 Å². The van der Waals surface area contributed by atoms with E-state index in [0.29, 0.717) is 5.92 Å². The van der Waals surface area contributed by atoms with E-state index in [1.807, 2.05) is 13.0 Å². The zero-order valence-electron chi connectivity index (χ0n) is 11.7. The lowest BCUT2D eigenvalue weighted by molar-refractivity contribution is 0.0405. The molecule has 2 atom stereocenters. The Labute approximate surface area is 120 Å². The SMILES string of the molecule is Cc1ccc(Cl)cc1N1CCC[C@@H](CO[C@H](C)N)C1. The predicted octanol–water partition coefficient (Wildman–Crippen LogP) is 3.19. The number of nitrogens with two attached hydrogens (primary N) is 1. The van der Waals surface area contributed by atoms with Crippen LogP contribution in [0.1, 0.15) is 25.3 Å². The van der Waals surface area contributed by atoms with E-state index in [1.165, 1.54) is 24.1 Å². The second-order valence-corrected chi connectivity index (χ2v) is 5.86. The molecule has 0 aliphatic carbocycles. The first-order valence-corrected chi connectivity index (χ1v) is 7.32. The molecular weight excluding hydrogens is 260 g/mol. The zero-order valence-corrected chi connectivity index (χ0v) is 12.5. The van der Waals surface area contributed by atoms with Crippen molar-refractivity contribution >= 4 is 17.3 Å². The third-order valence-electron chi connectivity index (χ3n) is 3.63. The molecule has 0 saturated carbocycles. The predicted molar refractivity (Wildman–Crippen MR) is 80.7 cm³/mol. The summed E-state index contributed by atoms with van der Waals surface area (Å²) in [6.07, 6.45) is 2.23. The van der Waals surface area contributed by atoms with Crippen molar-refractivity contribution in [3.05, 3.63) is 28.8 Å². The molecule has 1 aromatic carbocycles. The van der Waals surface area contributed by atoms with Crippen molar-refractivity contribution in [1.29, 1.82) is 0 Å². The molecule has 19 heavy (non-hydrogen) atoms. The normalized spacial score (nSPS) is 21.5. The smallest absolute Gasteiger partial charge is 0.102 e. The average Bonchev–Trinajstić information content (AvgIpc) is 2.39. The minimum atomic E-state index is -0.178. The van der Waals surface area contributed by atoms with Gasteiger partial charge in [0.2, 0.25) is 0 Å². The summed E-state index contributed by atoms with van der Waals surface area (Å²) in [5, 5.41) is 0.801. The highest BCUT2D eigenvalue weighted by Gasteiger charge is 2.21. The first-order chi connectivity index (χ1) is 9.06. The Bertz CT molecular complexity index is 423. The molecule has 0 radical (unpaired) electrons. The maximum Gasteiger partial charge on any atom is 0.102 e. The highest BCUT2D eigenvalue weighted by Crippen LogP contribution is 2.28. The molecule has 1 heterocycles. The van der Waals surface area contributed by atoms with Crippen LogP contribution in [0.2, 0.25) is 5.02 Å². The van der Waals surface area contributed by atoms with E-state index in [2.05, 4.69) is 24.0 Å². The van der Waals surface area contributed by atoms with E-state index >= 15 is 0 Å². The van der Waals surface area contributed by atoms with Gasteiger partial charge in [0.05, 0.1) is 6.61 Å². The Morgan fingerprint density at radius 1 is 1.53 bits per heavy atom. The molecule has 0 aromatic heterocycles. The van der Waals surface area contributed by atoms with Gasteiger partial charge in [-0.15, -0.1) is 0 Å². The van der Waals surface area contributed by atoms with E-state index in [1.54, 1.807) is 0 Å². The van der Waals surface area contributed by atoms with Crippen LogP contribution in [0.5, 0.6) is 0 Å². The number of nitrogens with zero attached hydrogens (tertiary/aromatic N) is 1. The summed E-state index contributed by atoms with van der Waals surface area (Å²) in [5.41, 5.74) is 8.17. The van der Waals surface area contributed by atoms with Crippen molar-refractivity contribution in [2.45, 2.75) is 32.9 Å². The molecule has 0 spiro atoms. The van der Waals surface area contributed by atoms with Gasteiger partial charge in [-0.25, -0.2) is 0 Å². The minimum absolute atomic E-state index is 0.178. The largest absolute Gasteiger partial charge is 0.371 e. The highest BCUT2D eigenvalue weighted by atomic mass is 35.5. The highest BCUT2D eigenvalue weighted by molar-refractivity contribution is 6.30. The number of hydrogen-bond donors (Lipinski definition) is 1. The van der Waals surface area contributed by atoms with Gasteiger partial charge in [0.15, 0.2) is 0 Å². The van der Waals surface area contributed by atoms with Crippen molar-refractivity contribution in [1.82, 2.24) is 0 Å². The molecule has 4 heteroatoms. The maximum absolute atomic E-state index is 6.11. The van der Waals surface area contributed by atoms with Gasteiger partial charge in [-0.3, -0.25) is 0 Å². The van der Waals surface area contributed by atoms with Crippen LogP contribution in [0.3, 0.4) is 0 Å². The van der Waals surface area contributed by atoms with Crippen LogP contribution in [0.15, 0.2) is 18.2 Å². The van der Waals surface area contributed by atoms with Crippen LogP contribution < -0.4 is 10.6 Å². The van der Waals surface area contributed by atoms with Gasteiger partial charge in [0, 0.05) is 23.8 Å². The van der Waals surface area contributed by atoms with E-state index in [9.17, 15) is 0 Å². The molecule has 1 aromatic rings. The average molecular weight is 283 g/mol. The number of halogens is 1. The van der Waals surface area contributed by atoms with Crippen molar-refractivity contribution in [3.63, 3.8) is 0 Å². The summed E-state index contributed by atoms with van der Waals surface area (Å²) in [4.78, 5) is 2.42. The van der Waals surface area contributed by atoms with E-state index in [4.69, 9.17) is 22.1 Å². The maximum atomic E-state index is 6.11. The summed E-state index contributed by atoms with van der Waals surface area (Å²) in [6, 6.07) is 6.09. The molecule has 3 nitrogen and oxygen atoms in total. The van der Waals surface area contributed by atoms with Crippen LogP contribution in [-0.2, 0) is 4.74 Å². The Hall–Kier alpha value is -0.770. The first kappa shape index (κ1) is 14.6. The quantitative estimate of drug-likeness (QED) is 0.862. The molecule has 0 unspecified atom stereocenters. The van der Waals surface area contributed by atoms with Crippen LogP contribution in [0, 0.1) is 12.8 Å². The van der Waals surface area contributed by atoms with Crippen LogP contribution in [0.4, 0.5) is 5.69 Å². The number of aryl methyl sites for hydroxylation is 1. The molecule has 0 amide bonds. The van der Waals surface area contributed by atoms with Crippen LogP contribution >= 0.6 is 11.6 Å². The monoisotopic (exact) mass is 282 g/mol. The molecule has 1 fully saturated rings. The lowest BCUT2D eigenvalue weighted by Gasteiger charge is -2.35. The summed E-state index contributed by atoms with van der Waals surface area (Å²) in [6.45, 7) is 6.87. The van der Waals surface area contributed by atoms with Gasteiger partial charge in [0.25, 0.3) is 0 Å².